The normalized spacial score (nSPS) is 11.6. The molecule has 27 heavy (non-hydrogen) atoms. The molecule has 5 N–H and O–H groups in total. The standard InChI is InChI=1S/C19H16N6O2/c26-8-10-1-4-14-12(5-10)7-16(20-14)19-13-3-2-11(6-15(13)21-23-19)18-17(9-27)22-25-24-18/h1-7,20,26-27H,8-9H2,(H,21,23)(H,22,24,25). The van der Waals surface area contributed by atoms with Gasteiger partial charge in [-0.15, -0.1) is 0 Å². The number of fused-ring (bicyclic) bond motifs is 2. The molecule has 8 heteroatoms. The Hall–Kier alpha value is -3.49. The molecule has 8 nitrogen and oxygen atoms in total. The number of nitrogens with zero attached hydrogens (tertiary/aromatic N) is 3. The first-order valence-electron chi connectivity index (χ1n) is 8.48. The monoisotopic (exact) mass is 360 g/mol. The van der Waals surface area contributed by atoms with E-state index < -0.39 is 0 Å². The van der Waals surface area contributed by atoms with Gasteiger partial charge in [-0.1, -0.05) is 12.1 Å². The van der Waals surface area contributed by atoms with Crippen LogP contribution in [-0.4, -0.2) is 40.8 Å². The lowest BCUT2D eigenvalue weighted by Gasteiger charge is -1.99. The van der Waals surface area contributed by atoms with Gasteiger partial charge in [0.15, 0.2) is 0 Å². The van der Waals surface area contributed by atoms with Crippen molar-refractivity contribution in [2.24, 2.45) is 0 Å². The number of aromatic nitrogens is 6. The van der Waals surface area contributed by atoms with Crippen LogP contribution >= 0.6 is 0 Å². The molecule has 0 atom stereocenters. The number of aliphatic hydroxyl groups is 2. The highest BCUT2D eigenvalue weighted by Crippen LogP contribution is 2.31. The van der Waals surface area contributed by atoms with Crippen molar-refractivity contribution in [3.63, 3.8) is 0 Å². The molecule has 5 rings (SSSR count). The Morgan fingerprint density at radius 2 is 1.74 bits per heavy atom. The van der Waals surface area contributed by atoms with Gasteiger partial charge in [-0.2, -0.15) is 20.5 Å². The van der Waals surface area contributed by atoms with Crippen LogP contribution in [0.2, 0.25) is 0 Å². The Labute approximate surface area is 152 Å². The Kier molecular flexibility index (Phi) is 3.52. The number of hydrogen-bond acceptors (Lipinski definition) is 5. The third-order valence-electron chi connectivity index (χ3n) is 4.73. The van der Waals surface area contributed by atoms with Gasteiger partial charge in [-0.3, -0.25) is 5.10 Å². The van der Waals surface area contributed by atoms with Crippen molar-refractivity contribution in [1.29, 1.82) is 0 Å². The van der Waals surface area contributed by atoms with Crippen LogP contribution in [0, 0.1) is 0 Å². The fourth-order valence-corrected chi connectivity index (χ4v) is 3.37. The van der Waals surface area contributed by atoms with Crippen LogP contribution in [0.1, 0.15) is 11.3 Å². The molecule has 0 saturated carbocycles. The van der Waals surface area contributed by atoms with Gasteiger partial charge in [0.25, 0.3) is 0 Å². The van der Waals surface area contributed by atoms with Crippen LogP contribution < -0.4 is 0 Å². The molecular formula is C19H16N6O2. The minimum atomic E-state index is -0.178. The second-order valence-corrected chi connectivity index (χ2v) is 6.37. The summed E-state index contributed by atoms with van der Waals surface area (Å²) in [7, 11) is 0. The van der Waals surface area contributed by atoms with Gasteiger partial charge in [0.05, 0.1) is 24.4 Å². The van der Waals surface area contributed by atoms with Crippen molar-refractivity contribution in [2.45, 2.75) is 13.2 Å². The fraction of sp³-hybridized carbons (Fsp3) is 0.105. The number of rotatable bonds is 4. The van der Waals surface area contributed by atoms with Crippen LogP contribution in [0.15, 0.2) is 42.5 Å². The van der Waals surface area contributed by atoms with Gasteiger partial charge in [0.1, 0.15) is 17.1 Å². The predicted octanol–water partition coefficient (Wildman–Crippen LogP) is 2.48. The highest BCUT2D eigenvalue weighted by molar-refractivity contribution is 5.97. The van der Waals surface area contributed by atoms with Crippen molar-refractivity contribution in [3.05, 3.63) is 53.7 Å². The highest BCUT2D eigenvalue weighted by Gasteiger charge is 2.14. The lowest BCUT2D eigenvalue weighted by Crippen LogP contribution is -1.88. The molecule has 0 unspecified atom stereocenters. The molecule has 0 aliphatic carbocycles. The molecule has 0 aliphatic heterocycles. The Balaban J connectivity index is 1.60. The second kappa shape index (κ2) is 6.04. The summed E-state index contributed by atoms with van der Waals surface area (Å²) in [4.78, 5) is 3.38. The number of nitrogens with one attached hydrogen (secondary N) is 3. The Bertz CT molecular complexity index is 1270. The molecular weight excluding hydrogens is 344 g/mol. The van der Waals surface area contributed by atoms with E-state index in [2.05, 4.69) is 30.6 Å². The summed E-state index contributed by atoms with van der Waals surface area (Å²) in [6.45, 7) is -0.161. The molecule has 5 aromatic rings. The van der Waals surface area contributed by atoms with E-state index >= 15 is 0 Å². The van der Waals surface area contributed by atoms with E-state index in [0.29, 0.717) is 11.4 Å². The number of H-pyrrole nitrogens is 3. The van der Waals surface area contributed by atoms with Crippen LogP contribution in [0.4, 0.5) is 0 Å². The molecule has 0 amide bonds. The van der Waals surface area contributed by atoms with Crippen molar-refractivity contribution >= 4 is 21.8 Å². The van der Waals surface area contributed by atoms with Crippen LogP contribution in [0.3, 0.4) is 0 Å². The molecule has 2 aromatic carbocycles. The molecule has 0 bridgehead atoms. The second-order valence-electron chi connectivity index (χ2n) is 6.37. The topological polar surface area (TPSA) is 126 Å². The molecule has 3 aromatic heterocycles. The number of aliphatic hydroxyl groups excluding tert-OH is 2. The maximum atomic E-state index is 9.38. The molecule has 0 fully saturated rings. The predicted molar refractivity (Wildman–Crippen MR) is 101 cm³/mol. The number of hydrogen-bond donors (Lipinski definition) is 5. The lowest BCUT2D eigenvalue weighted by atomic mass is 10.1. The fourth-order valence-electron chi connectivity index (χ4n) is 3.37. The summed E-state index contributed by atoms with van der Waals surface area (Å²) in [5.41, 5.74) is 6.42. The molecule has 0 aliphatic rings. The number of aromatic amines is 3. The minimum absolute atomic E-state index is 0.0163. The molecule has 0 radical (unpaired) electrons. The summed E-state index contributed by atoms with van der Waals surface area (Å²) < 4.78 is 0. The zero-order chi connectivity index (χ0) is 18.4. The van der Waals surface area contributed by atoms with Crippen LogP contribution in [-0.2, 0) is 13.2 Å². The van der Waals surface area contributed by atoms with E-state index in [1.807, 2.05) is 42.5 Å². The molecule has 0 spiro atoms. The van der Waals surface area contributed by atoms with E-state index in [1.54, 1.807) is 0 Å². The van der Waals surface area contributed by atoms with E-state index in [9.17, 15) is 10.2 Å². The summed E-state index contributed by atoms with van der Waals surface area (Å²) in [5, 5.41) is 38.8. The lowest BCUT2D eigenvalue weighted by molar-refractivity contribution is 0.277. The summed E-state index contributed by atoms with van der Waals surface area (Å²) in [6.07, 6.45) is 0. The van der Waals surface area contributed by atoms with Crippen molar-refractivity contribution in [1.82, 2.24) is 30.6 Å². The zero-order valence-electron chi connectivity index (χ0n) is 14.2. The van der Waals surface area contributed by atoms with Crippen LogP contribution in [0.25, 0.3) is 44.5 Å². The quantitative estimate of drug-likeness (QED) is 0.336. The van der Waals surface area contributed by atoms with E-state index in [4.69, 9.17) is 0 Å². The van der Waals surface area contributed by atoms with Gasteiger partial charge < -0.3 is 15.2 Å². The van der Waals surface area contributed by atoms with Gasteiger partial charge in [0.2, 0.25) is 0 Å². The maximum absolute atomic E-state index is 9.38. The van der Waals surface area contributed by atoms with E-state index in [1.165, 1.54) is 0 Å². The summed E-state index contributed by atoms with van der Waals surface area (Å²) in [5.74, 6) is 0. The van der Waals surface area contributed by atoms with Gasteiger partial charge >= 0.3 is 0 Å². The summed E-state index contributed by atoms with van der Waals surface area (Å²) >= 11 is 0. The maximum Gasteiger partial charge on any atom is 0.118 e. The third-order valence-corrected chi connectivity index (χ3v) is 4.73. The Morgan fingerprint density at radius 3 is 2.59 bits per heavy atom. The Morgan fingerprint density at radius 1 is 0.815 bits per heavy atom. The molecule has 0 saturated heterocycles. The smallest absolute Gasteiger partial charge is 0.118 e. The largest absolute Gasteiger partial charge is 0.392 e. The molecule has 134 valence electrons. The van der Waals surface area contributed by atoms with Crippen molar-refractivity contribution in [2.75, 3.05) is 0 Å². The first kappa shape index (κ1) is 15.7. The summed E-state index contributed by atoms with van der Waals surface area (Å²) in [6, 6.07) is 13.7. The van der Waals surface area contributed by atoms with Crippen molar-refractivity contribution in [3.8, 4) is 22.6 Å². The number of benzene rings is 2. The van der Waals surface area contributed by atoms with Crippen molar-refractivity contribution < 1.29 is 10.2 Å². The average Bonchev–Trinajstić information content (AvgIpc) is 3.42. The van der Waals surface area contributed by atoms with Gasteiger partial charge in [-0.25, -0.2) is 0 Å². The van der Waals surface area contributed by atoms with Gasteiger partial charge in [-0.05, 0) is 35.9 Å². The first-order valence-corrected chi connectivity index (χ1v) is 8.48. The van der Waals surface area contributed by atoms with E-state index in [0.717, 1.165) is 44.3 Å². The third kappa shape index (κ3) is 2.50. The first-order chi connectivity index (χ1) is 13.3. The zero-order valence-corrected chi connectivity index (χ0v) is 14.2. The van der Waals surface area contributed by atoms with Gasteiger partial charge in [0, 0.05) is 21.9 Å². The minimum Gasteiger partial charge on any atom is -0.392 e. The highest BCUT2D eigenvalue weighted by atomic mass is 16.3. The van der Waals surface area contributed by atoms with Crippen LogP contribution in [0.5, 0.6) is 0 Å². The van der Waals surface area contributed by atoms with E-state index in [-0.39, 0.29) is 13.2 Å². The average molecular weight is 360 g/mol. The SMILES string of the molecule is OCc1ccc2[nH]c(-c3n[nH]c4cc(-c5n[nH]nc5CO)ccc34)cc2c1. The molecule has 3 heterocycles.